The Morgan fingerprint density at radius 2 is 1.03 bits per heavy atom. The number of carbonyl (C=O) groups excluding carboxylic acids is 13. The standard InChI is InChI=1S/C50H84N18O19/c1-23(2)18-30(65-40(77)25(52)19-35(54)70)45(82)63-28(11-13-34(53)69)44(81)62-27(8-4-5-15-51)43(80)66-32(21-39(75)76)46(83)64-29(12-14-38(73)74)48(85)68-17-7-10-33(68)47(84)67-31(20-36(55)71)41(78)59-22-37(72)61-26(9-6-16-58-50(56)57)42(79)60-24(3)49(86)87/h23-33H,4-22,51-52H2,1-3H3,(H2,53,69)(H2,54,70)(H2,55,71)(H,59,78)(H,60,79)(H,61,72)(H,62,81)(H,63,82)(H,64,83)(H,65,77)(H,66,80)(H,67,84)(H,73,74)(H,75,76)(H,86,87)(H4,56,57,58)/t24-,25-,26-,27-,28-,29-,30-,31-,32-,33-/m0/s1. The quantitative estimate of drug-likeness (QED) is 0.0153. The van der Waals surface area contributed by atoms with Gasteiger partial charge in [-0.2, -0.15) is 0 Å². The first-order chi connectivity index (χ1) is 40.7. The fourth-order valence-electron chi connectivity index (χ4n) is 8.47. The molecule has 0 saturated carbocycles. The average molecular weight is 1240 g/mol. The van der Waals surface area contributed by atoms with Crippen LogP contribution in [0.1, 0.15) is 117 Å². The van der Waals surface area contributed by atoms with Gasteiger partial charge in [-0.25, -0.2) is 0 Å². The molecular formula is C50H84N18O19. The van der Waals surface area contributed by atoms with Crippen LogP contribution in [0, 0.1) is 5.92 Å². The molecule has 1 saturated heterocycles. The van der Waals surface area contributed by atoms with Crippen LogP contribution in [0.4, 0.5) is 0 Å². The topological polar surface area (TPSA) is 640 Å². The Bertz CT molecular complexity index is 2530. The molecule has 0 aromatic carbocycles. The smallest absolute Gasteiger partial charge is 0.325 e. The molecule has 0 aromatic rings. The summed E-state index contributed by atoms with van der Waals surface area (Å²) >= 11 is 0. The Balaban J connectivity index is 3.48. The highest BCUT2D eigenvalue weighted by Gasteiger charge is 2.41. The molecule has 0 spiro atoms. The predicted octanol–water partition coefficient (Wildman–Crippen LogP) is -9.01. The van der Waals surface area contributed by atoms with Gasteiger partial charge in [0.15, 0.2) is 5.96 Å². The molecule has 0 aromatic heterocycles. The van der Waals surface area contributed by atoms with Crippen LogP contribution < -0.4 is 88.0 Å². The molecule has 1 rings (SSSR count). The number of carboxylic acids is 3. The summed E-state index contributed by atoms with van der Waals surface area (Å²) in [5.41, 5.74) is 37.9. The Hall–Kier alpha value is -9.29. The molecule has 1 aliphatic heterocycles. The number of amides is 13. The van der Waals surface area contributed by atoms with E-state index in [1.54, 1.807) is 13.8 Å². The van der Waals surface area contributed by atoms with Gasteiger partial charge in [0.05, 0.1) is 31.8 Å². The Labute approximate surface area is 499 Å². The van der Waals surface area contributed by atoms with Crippen molar-refractivity contribution in [1.29, 1.82) is 0 Å². The number of nitrogens with one attached hydrogen (secondary N) is 9. The van der Waals surface area contributed by atoms with E-state index in [-0.39, 0.29) is 82.9 Å². The number of primary amides is 3. The minimum Gasteiger partial charge on any atom is -0.481 e. The Morgan fingerprint density at radius 3 is 1.57 bits per heavy atom. The summed E-state index contributed by atoms with van der Waals surface area (Å²) in [4.78, 5) is 212. The van der Waals surface area contributed by atoms with E-state index >= 15 is 0 Å². The third kappa shape index (κ3) is 29.9. The zero-order valence-electron chi connectivity index (χ0n) is 48.6. The van der Waals surface area contributed by atoms with Gasteiger partial charge in [-0.15, -0.1) is 0 Å². The first-order valence-electron chi connectivity index (χ1n) is 27.7. The van der Waals surface area contributed by atoms with Gasteiger partial charge in [-0.3, -0.25) is 81.7 Å². The van der Waals surface area contributed by atoms with E-state index in [2.05, 4.69) is 52.8 Å². The molecule has 13 amide bonds. The number of nitrogens with two attached hydrogens (primary N) is 7. The summed E-state index contributed by atoms with van der Waals surface area (Å²) in [7, 11) is 0. The maximum absolute atomic E-state index is 14.3. The normalized spacial score (nSPS) is 15.7. The van der Waals surface area contributed by atoms with Gasteiger partial charge in [0, 0.05) is 25.9 Å². The molecule has 37 heteroatoms. The molecule has 1 aliphatic rings. The lowest BCUT2D eigenvalue weighted by atomic mass is 10.0. The number of likely N-dealkylation sites (tertiary alicyclic amines) is 1. The number of carbonyl (C=O) groups is 16. The van der Waals surface area contributed by atoms with Crippen LogP contribution in [-0.2, 0) is 76.7 Å². The minimum absolute atomic E-state index is 0.0164. The first kappa shape index (κ1) is 75.7. The van der Waals surface area contributed by atoms with Crippen LogP contribution in [0.25, 0.3) is 0 Å². The SMILES string of the molecule is CC(C)C[C@H](NC(=O)[C@@H](N)CC(N)=O)C(=O)N[C@@H](CCC(N)=O)C(=O)N[C@@H](CCCCN)C(=O)N[C@@H](CC(=O)O)C(=O)N[C@@H](CCC(=O)O)C(=O)N1CCC[C@H]1C(=O)N[C@@H](CC(N)=O)C(=O)NCC(=O)N[C@@H](CCCN=C(N)N)C(=O)N[C@@H](C)C(=O)O. The van der Waals surface area contributed by atoms with Crippen molar-refractivity contribution in [3.05, 3.63) is 0 Å². The van der Waals surface area contributed by atoms with E-state index in [0.29, 0.717) is 0 Å². The molecule has 1 heterocycles. The molecule has 0 unspecified atom stereocenters. The minimum atomic E-state index is -2.07. The van der Waals surface area contributed by atoms with Gasteiger partial charge >= 0.3 is 17.9 Å². The van der Waals surface area contributed by atoms with Crippen molar-refractivity contribution in [3.8, 4) is 0 Å². The monoisotopic (exact) mass is 1240 g/mol. The molecular weight excluding hydrogens is 1160 g/mol. The number of nitrogens with zero attached hydrogens (tertiary/aromatic N) is 2. The summed E-state index contributed by atoms with van der Waals surface area (Å²) in [5.74, 6) is -18.8. The summed E-state index contributed by atoms with van der Waals surface area (Å²) in [6, 6.07) is -16.0. The largest absolute Gasteiger partial charge is 0.481 e. The van der Waals surface area contributed by atoms with Gasteiger partial charge in [-0.05, 0) is 83.6 Å². The molecule has 1 fully saturated rings. The third-order valence-electron chi connectivity index (χ3n) is 12.9. The van der Waals surface area contributed by atoms with Crippen molar-refractivity contribution in [2.45, 2.75) is 178 Å². The van der Waals surface area contributed by atoms with E-state index in [4.69, 9.17) is 40.1 Å². The molecule has 26 N–H and O–H groups in total. The fraction of sp³-hybridized carbons (Fsp3) is 0.660. The highest BCUT2D eigenvalue weighted by molar-refractivity contribution is 6.00. The van der Waals surface area contributed by atoms with Crippen LogP contribution in [0.2, 0.25) is 0 Å². The van der Waals surface area contributed by atoms with E-state index in [0.717, 1.165) is 4.90 Å². The molecule has 37 nitrogen and oxygen atoms in total. The van der Waals surface area contributed by atoms with Crippen molar-refractivity contribution < 1.29 is 92.0 Å². The maximum atomic E-state index is 14.3. The summed E-state index contributed by atoms with van der Waals surface area (Å²) in [5, 5.41) is 49.4. The highest BCUT2D eigenvalue weighted by Crippen LogP contribution is 2.21. The van der Waals surface area contributed by atoms with Gasteiger partial charge in [0.1, 0.15) is 54.4 Å². The number of hydrogen-bond acceptors (Lipinski definition) is 19. The number of carboxylic acid groups (broad SMARTS) is 3. The lowest BCUT2D eigenvalue weighted by molar-refractivity contribution is -0.144. The van der Waals surface area contributed by atoms with Gasteiger partial charge in [0.2, 0.25) is 76.8 Å². The first-order valence-corrected chi connectivity index (χ1v) is 27.7. The summed E-state index contributed by atoms with van der Waals surface area (Å²) in [6.45, 7) is 3.59. The van der Waals surface area contributed by atoms with Crippen molar-refractivity contribution in [1.82, 2.24) is 52.8 Å². The second-order valence-corrected chi connectivity index (χ2v) is 20.8. The van der Waals surface area contributed by atoms with Crippen LogP contribution >= 0.6 is 0 Å². The Kier molecular flexibility index (Phi) is 33.6. The Morgan fingerprint density at radius 1 is 0.529 bits per heavy atom. The molecule has 87 heavy (non-hydrogen) atoms. The van der Waals surface area contributed by atoms with Crippen LogP contribution in [-0.4, -0.2) is 207 Å². The van der Waals surface area contributed by atoms with Gasteiger partial charge in [-0.1, -0.05) is 13.8 Å². The number of aliphatic imine (C=N–C) groups is 1. The number of guanidine groups is 1. The van der Waals surface area contributed by atoms with E-state index in [1.165, 1.54) is 6.92 Å². The van der Waals surface area contributed by atoms with Crippen LogP contribution in [0.15, 0.2) is 4.99 Å². The molecule has 0 aliphatic carbocycles. The number of hydrogen-bond donors (Lipinski definition) is 19. The van der Waals surface area contributed by atoms with Crippen LogP contribution in [0.3, 0.4) is 0 Å². The zero-order valence-corrected chi connectivity index (χ0v) is 48.6. The summed E-state index contributed by atoms with van der Waals surface area (Å²) < 4.78 is 0. The van der Waals surface area contributed by atoms with Crippen molar-refractivity contribution in [3.63, 3.8) is 0 Å². The van der Waals surface area contributed by atoms with Crippen molar-refractivity contribution >= 4 is 101 Å². The van der Waals surface area contributed by atoms with E-state index in [9.17, 15) is 92.0 Å². The number of unbranched alkanes of at least 4 members (excludes halogenated alkanes) is 1. The van der Waals surface area contributed by atoms with Gasteiger partial charge in [0.25, 0.3) is 0 Å². The van der Waals surface area contributed by atoms with Crippen LogP contribution in [0.5, 0.6) is 0 Å². The molecule has 10 atom stereocenters. The predicted molar refractivity (Wildman–Crippen MR) is 302 cm³/mol. The lowest BCUT2D eigenvalue weighted by Gasteiger charge is -2.30. The lowest BCUT2D eigenvalue weighted by Crippen LogP contribution is -2.60. The third-order valence-corrected chi connectivity index (χ3v) is 12.9. The second-order valence-electron chi connectivity index (χ2n) is 20.8. The van der Waals surface area contributed by atoms with Gasteiger partial charge < -0.3 is 108 Å². The summed E-state index contributed by atoms with van der Waals surface area (Å²) in [6.07, 6.45) is -4.89. The average Bonchev–Trinajstić information content (AvgIpc) is 2.73. The van der Waals surface area contributed by atoms with E-state index in [1.807, 2.05) is 0 Å². The van der Waals surface area contributed by atoms with E-state index < -0.39 is 207 Å². The fourth-order valence-corrected chi connectivity index (χ4v) is 8.47. The maximum Gasteiger partial charge on any atom is 0.325 e. The molecule has 0 bridgehead atoms. The molecule has 488 valence electrons. The zero-order chi connectivity index (χ0) is 66.2. The highest BCUT2D eigenvalue weighted by atomic mass is 16.4. The van der Waals surface area contributed by atoms with Crippen molar-refractivity contribution in [2.24, 2.45) is 51.0 Å². The number of rotatable bonds is 42. The van der Waals surface area contributed by atoms with Crippen molar-refractivity contribution in [2.75, 3.05) is 26.2 Å². The molecule has 0 radical (unpaired) electrons. The number of aliphatic carboxylic acids is 3. The second kappa shape index (κ2) is 38.6.